The molecule has 2 aromatic carbocycles. The maximum absolute atomic E-state index is 14.2. The molecule has 1 aromatic heterocycles. The highest BCUT2D eigenvalue weighted by molar-refractivity contribution is 5.94. The minimum atomic E-state index is -0.372. The van der Waals surface area contributed by atoms with Crippen molar-refractivity contribution in [2.75, 3.05) is 0 Å². The molecule has 26 heavy (non-hydrogen) atoms. The van der Waals surface area contributed by atoms with Gasteiger partial charge < -0.3 is 5.32 Å². The van der Waals surface area contributed by atoms with Crippen LogP contribution in [0.25, 0.3) is 5.69 Å². The molecule has 0 spiro atoms. The van der Waals surface area contributed by atoms with Crippen molar-refractivity contribution in [1.82, 2.24) is 15.1 Å². The average Bonchev–Trinajstić information content (AvgIpc) is 3.24. The highest BCUT2D eigenvalue weighted by Crippen LogP contribution is 2.28. The minimum Gasteiger partial charge on any atom is -0.347 e. The van der Waals surface area contributed by atoms with E-state index in [2.05, 4.69) is 10.4 Å². The fourth-order valence-electron chi connectivity index (χ4n) is 3.31. The Kier molecular flexibility index (Phi) is 4.24. The van der Waals surface area contributed by atoms with E-state index in [1.165, 1.54) is 18.2 Å². The van der Waals surface area contributed by atoms with Gasteiger partial charge >= 0.3 is 0 Å². The van der Waals surface area contributed by atoms with Crippen LogP contribution in [0.3, 0.4) is 0 Å². The van der Waals surface area contributed by atoms with Crippen LogP contribution < -0.4 is 5.32 Å². The molecule has 0 unspecified atom stereocenters. The molecule has 132 valence electrons. The molecule has 0 saturated carbocycles. The van der Waals surface area contributed by atoms with Gasteiger partial charge in [-0.2, -0.15) is 5.10 Å². The van der Waals surface area contributed by atoms with E-state index in [9.17, 15) is 13.6 Å². The van der Waals surface area contributed by atoms with Crippen molar-refractivity contribution in [3.05, 3.63) is 82.7 Å². The van der Waals surface area contributed by atoms with Crippen molar-refractivity contribution in [2.24, 2.45) is 0 Å². The number of hydrogen-bond acceptors (Lipinski definition) is 2. The second-order valence-corrected chi connectivity index (χ2v) is 6.30. The topological polar surface area (TPSA) is 46.9 Å². The third-order valence-electron chi connectivity index (χ3n) is 4.59. The predicted molar refractivity (Wildman–Crippen MR) is 93.1 cm³/mol. The number of benzene rings is 2. The molecule has 0 atom stereocenters. The lowest BCUT2D eigenvalue weighted by Gasteiger charge is -2.06. The highest BCUT2D eigenvalue weighted by Gasteiger charge is 2.27. The van der Waals surface area contributed by atoms with Crippen molar-refractivity contribution in [2.45, 2.75) is 25.8 Å². The fraction of sp³-hybridized carbons (Fsp3) is 0.200. The molecule has 4 rings (SSSR count). The van der Waals surface area contributed by atoms with E-state index in [-0.39, 0.29) is 24.1 Å². The molecule has 1 aliphatic rings. The summed E-state index contributed by atoms with van der Waals surface area (Å²) in [6, 6.07) is 12.4. The number of para-hydroxylation sites is 1. The normalized spacial score (nSPS) is 12.8. The molecule has 1 amide bonds. The first-order chi connectivity index (χ1) is 12.6. The van der Waals surface area contributed by atoms with E-state index < -0.39 is 0 Å². The van der Waals surface area contributed by atoms with Crippen molar-refractivity contribution in [3.8, 4) is 5.69 Å². The molecule has 0 fully saturated rings. The Morgan fingerprint density at radius 1 is 1.08 bits per heavy atom. The van der Waals surface area contributed by atoms with E-state index >= 15 is 0 Å². The fourth-order valence-corrected chi connectivity index (χ4v) is 3.31. The number of rotatable bonds is 4. The van der Waals surface area contributed by atoms with Crippen LogP contribution >= 0.6 is 0 Å². The van der Waals surface area contributed by atoms with E-state index in [0.717, 1.165) is 36.1 Å². The van der Waals surface area contributed by atoms with Gasteiger partial charge in [-0.1, -0.05) is 24.3 Å². The summed E-state index contributed by atoms with van der Waals surface area (Å²) in [5, 5.41) is 7.21. The Bertz CT molecular complexity index is 964. The molecule has 1 N–H and O–H groups in total. The number of carbonyl (C=O) groups is 1. The molecule has 0 bridgehead atoms. The summed E-state index contributed by atoms with van der Waals surface area (Å²) in [7, 11) is 0. The summed E-state index contributed by atoms with van der Waals surface area (Å²) in [5.74, 6) is -0.993. The number of aromatic nitrogens is 2. The molecule has 1 aliphatic carbocycles. The maximum atomic E-state index is 14.2. The Morgan fingerprint density at radius 2 is 1.85 bits per heavy atom. The van der Waals surface area contributed by atoms with Crippen LogP contribution in [-0.2, 0) is 19.4 Å². The van der Waals surface area contributed by atoms with Gasteiger partial charge in [-0.25, -0.2) is 13.5 Å². The van der Waals surface area contributed by atoms with Gasteiger partial charge in [0.1, 0.15) is 17.3 Å². The van der Waals surface area contributed by atoms with Crippen LogP contribution in [0.2, 0.25) is 0 Å². The van der Waals surface area contributed by atoms with Crippen LogP contribution in [0.1, 0.15) is 33.7 Å². The number of amides is 1. The van der Waals surface area contributed by atoms with Gasteiger partial charge in [0, 0.05) is 17.8 Å². The largest absolute Gasteiger partial charge is 0.347 e. The van der Waals surface area contributed by atoms with Crippen LogP contribution in [0.15, 0.2) is 48.5 Å². The lowest BCUT2D eigenvalue weighted by Crippen LogP contribution is -2.24. The summed E-state index contributed by atoms with van der Waals surface area (Å²) in [6.07, 6.45) is 2.44. The monoisotopic (exact) mass is 353 g/mol. The Labute approximate surface area is 149 Å². The number of fused-ring (bicyclic) bond motifs is 1. The lowest BCUT2D eigenvalue weighted by atomic mass is 10.2. The molecular weight excluding hydrogens is 336 g/mol. The van der Waals surface area contributed by atoms with Gasteiger partial charge in [-0.3, -0.25) is 4.79 Å². The van der Waals surface area contributed by atoms with Gasteiger partial charge in [0.25, 0.3) is 5.91 Å². The van der Waals surface area contributed by atoms with Crippen LogP contribution in [-0.4, -0.2) is 15.7 Å². The summed E-state index contributed by atoms with van der Waals surface area (Å²) in [6.45, 7) is 0.278. The van der Waals surface area contributed by atoms with Gasteiger partial charge in [0.15, 0.2) is 5.69 Å². The lowest BCUT2D eigenvalue weighted by molar-refractivity contribution is 0.0944. The van der Waals surface area contributed by atoms with Crippen LogP contribution in [0.5, 0.6) is 0 Å². The molecule has 1 heterocycles. The van der Waals surface area contributed by atoms with Crippen LogP contribution in [0.4, 0.5) is 8.78 Å². The van der Waals surface area contributed by atoms with E-state index in [1.54, 1.807) is 35.0 Å². The first kappa shape index (κ1) is 16.4. The second kappa shape index (κ2) is 6.71. The van der Waals surface area contributed by atoms with Gasteiger partial charge in [-0.15, -0.1) is 0 Å². The zero-order chi connectivity index (χ0) is 18.1. The Balaban J connectivity index is 1.61. The Morgan fingerprint density at radius 3 is 2.62 bits per heavy atom. The third kappa shape index (κ3) is 2.98. The average molecular weight is 353 g/mol. The zero-order valence-electron chi connectivity index (χ0n) is 14.0. The maximum Gasteiger partial charge on any atom is 0.272 e. The Hall–Kier alpha value is -3.02. The molecule has 3 aromatic rings. The summed E-state index contributed by atoms with van der Waals surface area (Å²) >= 11 is 0. The number of carbonyl (C=O) groups excluding carboxylic acids is 1. The first-order valence-electron chi connectivity index (χ1n) is 8.52. The smallest absolute Gasteiger partial charge is 0.272 e. The van der Waals surface area contributed by atoms with Crippen molar-refractivity contribution in [3.63, 3.8) is 0 Å². The third-order valence-corrected chi connectivity index (χ3v) is 4.59. The summed E-state index contributed by atoms with van der Waals surface area (Å²) in [5.41, 5.74) is 3.25. The number of hydrogen-bond donors (Lipinski definition) is 1. The van der Waals surface area contributed by atoms with Crippen molar-refractivity contribution < 1.29 is 13.6 Å². The standard InChI is InChI=1S/C20H17F2N3O/c21-14-10-8-13(9-11-14)12-23-20(26)19-15-4-3-7-17(15)25(24-19)18-6-2-1-5-16(18)22/h1-2,5-6,8-11H,3-4,7,12H2,(H,23,26). The van der Waals surface area contributed by atoms with Gasteiger partial charge in [-0.05, 0) is 49.1 Å². The molecule has 0 aliphatic heterocycles. The molecule has 0 saturated heterocycles. The van der Waals surface area contributed by atoms with Crippen molar-refractivity contribution in [1.29, 1.82) is 0 Å². The van der Waals surface area contributed by atoms with Crippen molar-refractivity contribution >= 4 is 5.91 Å². The number of nitrogens with one attached hydrogen (secondary N) is 1. The highest BCUT2D eigenvalue weighted by atomic mass is 19.1. The van der Waals surface area contributed by atoms with Gasteiger partial charge in [0.05, 0.1) is 0 Å². The van der Waals surface area contributed by atoms with E-state index in [4.69, 9.17) is 0 Å². The van der Waals surface area contributed by atoms with E-state index in [1.807, 2.05) is 0 Å². The SMILES string of the molecule is O=C(NCc1ccc(F)cc1)c1nn(-c2ccccc2F)c2c1CCC2. The molecule has 6 heteroatoms. The summed E-state index contributed by atoms with van der Waals surface area (Å²) < 4.78 is 28.7. The molecule has 0 radical (unpaired) electrons. The molecule has 4 nitrogen and oxygen atoms in total. The minimum absolute atomic E-state index is 0.278. The zero-order valence-corrected chi connectivity index (χ0v) is 14.0. The molecular formula is C20H17F2N3O. The number of nitrogens with zero attached hydrogens (tertiary/aromatic N) is 2. The first-order valence-corrected chi connectivity index (χ1v) is 8.52. The van der Waals surface area contributed by atoms with Gasteiger partial charge in [0.2, 0.25) is 0 Å². The number of halogens is 2. The predicted octanol–water partition coefficient (Wildman–Crippen LogP) is 3.57. The summed E-state index contributed by atoms with van der Waals surface area (Å²) in [4.78, 5) is 12.6. The second-order valence-electron chi connectivity index (χ2n) is 6.30. The quantitative estimate of drug-likeness (QED) is 0.779. The van der Waals surface area contributed by atoms with Crippen LogP contribution in [0, 0.1) is 11.6 Å². The van der Waals surface area contributed by atoms with E-state index in [0.29, 0.717) is 11.4 Å².